The summed E-state index contributed by atoms with van der Waals surface area (Å²) >= 11 is 0. The van der Waals surface area contributed by atoms with Crippen molar-refractivity contribution in [3.63, 3.8) is 0 Å². The normalized spacial score (nSPS) is 11.8. The van der Waals surface area contributed by atoms with E-state index in [-0.39, 0.29) is 5.41 Å². The maximum Gasteiger partial charge on any atom is 0.260 e. The van der Waals surface area contributed by atoms with Gasteiger partial charge < -0.3 is 10.3 Å². The maximum absolute atomic E-state index is 5.93. The first kappa shape index (κ1) is 12.6. The van der Waals surface area contributed by atoms with Crippen LogP contribution in [-0.2, 0) is 6.42 Å². The lowest BCUT2D eigenvalue weighted by molar-refractivity contribution is 0.374. The third-order valence-electron chi connectivity index (χ3n) is 2.60. The van der Waals surface area contributed by atoms with Gasteiger partial charge in [-0.25, -0.2) is 0 Å². The van der Waals surface area contributed by atoms with Gasteiger partial charge in [-0.05, 0) is 24.5 Å². The van der Waals surface area contributed by atoms with E-state index in [1.807, 2.05) is 25.1 Å². The number of aryl methyl sites for hydroxylation is 1. The summed E-state index contributed by atoms with van der Waals surface area (Å²) < 4.78 is 5.29. The number of nitrogens with zero attached hydrogens (tertiary/aromatic N) is 2. The second-order valence-corrected chi connectivity index (χ2v) is 5.84. The molecule has 4 nitrogen and oxygen atoms in total. The van der Waals surface area contributed by atoms with Gasteiger partial charge in [-0.3, -0.25) is 0 Å². The molecule has 2 N–H and O–H groups in total. The molecule has 18 heavy (non-hydrogen) atoms. The number of anilines is 1. The molecule has 2 rings (SSSR count). The lowest BCUT2D eigenvalue weighted by Gasteiger charge is -2.14. The minimum absolute atomic E-state index is 0.138. The summed E-state index contributed by atoms with van der Waals surface area (Å²) in [5, 5.41) is 4.01. The second kappa shape index (κ2) is 4.44. The van der Waals surface area contributed by atoms with Crippen LogP contribution in [0.2, 0.25) is 0 Å². The van der Waals surface area contributed by atoms with Gasteiger partial charge in [0.25, 0.3) is 5.89 Å². The topological polar surface area (TPSA) is 64.9 Å². The molecule has 0 atom stereocenters. The van der Waals surface area contributed by atoms with E-state index < -0.39 is 0 Å². The van der Waals surface area contributed by atoms with Crippen LogP contribution in [0.5, 0.6) is 0 Å². The minimum atomic E-state index is 0.138. The van der Waals surface area contributed by atoms with Gasteiger partial charge in [-0.15, -0.1) is 0 Å². The van der Waals surface area contributed by atoms with Crippen molar-refractivity contribution in [2.45, 2.75) is 34.1 Å². The molecule has 0 saturated heterocycles. The molecule has 1 aromatic heterocycles. The molecular formula is C14H19N3O. The predicted molar refractivity (Wildman–Crippen MR) is 72.0 cm³/mol. The van der Waals surface area contributed by atoms with Crippen molar-refractivity contribution in [1.29, 1.82) is 0 Å². The van der Waals surface area contributed by atoms with Crippen molar-refractivity contribution in [2.24, 2.45) is 5.41 Å². The second-order valence-electron chi connectivity index (χ2n) is 5.84. The molecule has 1 aromatic carbocycles. The van der Waals surface area contributed by atoms with E-state index in [0.717, 1.165) is 23.4 Å². The fourth-order valence-electron chi connectivity index (χ4n) is 1.76. The highest BCUT2D eigenvalue weighted by atomic mass is 16.5. The Morgan fingerprint density at radius 2 is 2.00 bits per heavy atom. The fraction of sp³-hybridized carbons (Fsp3) is 0.429. The zero-order valence-corrected chi connectivity index (χ0v) is 11.3. The quantitative estimate of drug-likeness (QED) is 0.825. The van der Waals surface area contributed by atoms with E-state index in [9.17, 15) is 0 Å². The lowest BCUT2D eigenvalue weighted by atomic mass is 9.92. The Hall–Kier alpha value is -1.84. The van der Waals surface area contributed by atoms with E-state index in [1.54, 1.807) is 0 Å². The predicted octanol–water partition coefficient (Wildman–Crippen LogP) is 3.22. The third-order valence-corrected chi connectivity index (χ3v) is 2.60. The number of benzene rings is 1. The summed E-state index contributed by atoms with van der Waals surface area (Å²) in [5.41, 5.74) is 8.66. The van der Waals surface area contributed by atoms with Gasteiger partial charge in [0, 0.05) is 12.1 Å². The molecule has 0 spiro atoms. The Labute approximate surface area is 107 Å². The lowest BCUT2D eigenvalue weighted by Crippen LogP contribution is -2.10. The van der Waals surface area contributed by atoms with E-state index in [2.05, 4.69) is 30.9 Å². The van der Waals surface area contributed by atoms with Crippen molar-refractivity contribution < 1.29 is 4.52 Å². The summed E-state index contributed by atoms with van der Waals surface area (Å²) in [4.78, 5) is 4.41. The standard InChI is InChI=1S/C14H19N3O/c1-9-5-6-11(15)10(7-9)13-16-12(17-18-13)8-14(2,3)4/h5-7H,8,15H2,1-4H3. The van der Waals surface area contributed by atoms with Crippen molar-refractivity contribution in [3.05, 3.63) is 29.6 Å². The van der Waals surface area contributed by atoms with Crippen molar-refractivity contribution >= 4 is 5.69 Å². The Bertz CT molecular complexity index is 552. The Kier molecular flexibility index (Phi) is 3.11. The molecule has 96 valence electrons. The Morgan fingerprint density at radius 3 is 2.67 bits per heavy atom. The van der Waals surface area contributed by atoms with E-state index in [1.165, 1.54) is 0 Å². The molecule has 2 aromatic rings. The first-order valence-electron chi connectivity index (χ1n) is 6.04. The SMILES string of the molecule is Cc1ccc(N)c(-c2nc(CC(C)(C)C)no2)c1. The molecule has 0 bridgehead atoms. The van der Waals surface area contributed by atoms with Crippen molar-refractivity contribution in [3.8, 4) is 11.5 Å². The first-order valence-corrected chi connectivity index (χ1v) is 6.04. The van der Waals surface area contributed by atoms with Gasteiger partial charge in [0.1, 0.15) is 0 Å². The van der Waals surface area contributed by atoms with Crippen LogP contribution in [0.15, 0.2) is 22.7 Å². The van der Waals surface area contributed by atoms with Crippen LogP contribution in [0.25, 0.3) is 11.5 Å². The molecule has 0 aliphatic rings. The Morgan fingerprint density at radius 1 is 1.28 bits per heavy atom. The number of hydrogen-bond donors (Lipinski definition) is 1. The molecule has 1 heterocycles. The summed E-state index contributed by atoms with van der Waals surface area (Å²) in [7, 11) is 0. The molecule has 0 aliphatic heterocycles. The van der Waals surface area contributed by atoms with Gasteiger partial charge in [-0.2, -0.15) is 4.98 Å². The number of aromatic nitrogens is 2. The number of rotatable bonds is 2. The van der Waals surface area contributed by atoms with Crippen LogP contribution in [0.4, 0.5) is 5.69 Å². The molecule has 0 aliphatic carbocycles. The largest absolute Gasteiger partial charge is 0.398 e. The molecule has 0 amide bonds. The molecule has 0 unspecified atom stereocenters. The summed E-state index contributed by atoms with van der Waals surface area (Å²) in [6, 6.07) is 5.79. The highest BCUT2D eigenvalue weighted by molar-refractivity contribution is 5.70. The number of nitrogens with two attached hydrogens (primary N) is 1. The minimum Gasteiger partial charge on any atom is -0.398 e. The van der Waals surface area contributed by atoms with Crippen LogP contribution < -0.4 is 5.73 Å². The molecule has 0 saturated carbocycles. The average molecular weight is 245 g/mol. The van der Waals surface area contributed by atoms with Crippen LogP contribution in [0, 0.1) is 12.3 Å². The number of hydrogen-bond acceptors (Lipinski definition) is 4. The number of nitrogen functional groups attached to an aromatic ring is 1. The molecule has 4 heteroatoms. The van der Waals surface area contributed by atoms with E-state index in [0.29, 0.717) is 11.6 Å². The van der Waals surface area contributed by atoms with Crippen molar-refractivity contribution in [1.82, 2.24) is 10.1 Å². The molecule has 0 fully saturated rings. The third kappa shape index (κ3) is 2.88. The summed E-state index contributed by atoms with van der Waals surface area (Å²) in [6.07, 6.45) is 0.780. The van der Waals surface area contributed by atoms with Gasteiger partial charge >= 0.3 is 0 Å². The Balaban J connectivity index is 2.32. The molecular weight excluding hydrogens is 226 g/mol. The highest BCUT2D eigenvalue weighted by Crippen LogP contribution is 2.26. The van der Waals surface area contributed by atoms with E-state index >= 15 is 0 Å². The van der Waals surface area contributed by atoms with E-state index in [4.69, 9.17) is 10.3 Å². The smallest absolute Gasteiger partial charge is 0.260 e. The van der Waals surface area contributed by atoms with Gasteiger partial charge in [0.2, 0.25) is 0 Å². The zero-order valence-electron chi connectivity index (χ0n) is 11.3. The van der Waals surface area contributed by atoms with Crippen LogP contribution in [0.1, 0.15) is 32.2 Å². The summed E-state index contributed by atoms with van der Waals surface area (Å²) in [5.74, 6) is 1.22. The van der Waals surface area contributed by atoms with Crippen molar-refractivity contribution in [2.75, 3.05) is 5.73 Å². The van der Waals surface area contributed by atoms with Crippen LogP contribution in [-0.4, -0.2) is 10.1 Å². The van der Waals surface area contributed by atoms with Gasteiger partial charge in [-0.1, -0.05) is 37.6 Å². The van der Waals surface area contributed by atoms with Gasteiger partial charge in [0.15, 0.2) is 5.82 Å². The van der Waals surface area contributed by atoms with Crippen LogP contribution in [0.3, 0.4) is 0 Å². The molecule has 0 radical (unpaired) electrons. The summed E-state index contributed by atoms with van der Waals surface area (Å²) in [6.45, 7) is 8.44. The highest BCUT2D eigenvalue weighted by Gasteiger charge is 2.17. The first-order chi connectivity index (χ1) is 8.35. The van der Waals surface area contributed by atoms with Gasteiger partial charge in [0.05, 0.1) is 5.56 Å². The zero-order chi connectivity index (χ0) is 13.3. The van der Waals surface area contributed by atoms with Crippen LogP contribution >= 0.6 is 0 Å². The monoisotopic (exact) mass is 245 g/mol. The average Bonchev–Trinajstić information content (AvgIpc) is 2.67. The maximum atomic E-state index is 5.93. The fourth-order valence-corrected chi connectivity index (χ4v) is 1.76.